The van der Waals surface area contributed by atoms with E-state index in [1.54, 1.807) is 6.92 Å². The summed E-state index contributed by atoms with van der Waals surface area (Å²) >= 11 is 0. The van der Waals surface area contributed by atoms with Crippen molar-refractivity contribution in [3.63, 3.8) is 0 Å². The third kappa shape index (κ3) is 1.62. The van der Waals surface area contributed by atoms with E-state index < -0.39 is 10.8 Å². The maximum Gasteiger partial charge on any atom is 0.205 e. The Morgan fingerprint density at radius 3 is 2.21 bits per heavy atom. The van der Waals surface area contributed by atoms with E-state index >= 15 is 0 Å². The van der Waals surface area contributed by atoms with Crippen LogP contribution in [0.15, 0.2) is 22.9 Å². The summed E-state index contributed by atoms with van der Waals surface area (Å²) in [5.74, 6) is -0.410. The van der Waals surface area contributed by atoms with Crippen molar-refractivity contribution in [2.75, 3.05) is 0 Å². The summed E-state index contributed by atoms with van der Waals surface area (Å²) in [4.78, 5) is 36.3. The van der Waals surface area contributed by atoms with Gasteiger partial charge in [0.2, 0.25) is 5.78 Å². The number of allylic oxidation sites excluding steroid dienone is 3. The van der Waals surface area contributed by atoms with Crippen LogP contribution in [0, 0.1) is 10.8 Å². The molecule has 0 aromatic heterocycles. The highest BCUT2D eigenvalue weighted by atomic mass is 16.1. The van der Waals surface area contributed by atoms with Crippen molar-refractivity contribution in [2.45, 2.75) is 40.5 Å². The van der Waals surface area contributed by atoms with Gasteiger partial charge in [0.25, 0.3) is 0 Å². The molecule has 2 rings (SSSR count). The van der Waals surface area contributed by atoms with Crippen LogP contribution < -0.4 is 5.73 Å². The van der Waals surface area contributed by atoms with Crippen LogP contribution in [0.1, 0.15) is 40.5 Å². The molecule has 0 bridgehead atoms. The molecule has 0 saturated heterocycles. The first kappa shape index (κ1) is 13.7. The van der Waals surface area contributed by atoms with Crippen molar-refractivity contribution >= 4 is 17.3 Å². The van der Waals surface area contributed by atoms with Gasteiger partial charge in [0.05, 0.1) is 5.70 Å². The second-order valence-electron chi connectivity index (χ2n) is 6.17. The molecule has 1 atom stereocenters. The molecule has 2 aliphatic rings. The Bertz CT molecular complexity index is 566. The smallest absolute Gasteiger partial charge is 0.205 e. The third-order valence-electron chi connectivity index (χ3n) is 5.06. The molecule has 2 N–H and O–H groups in total. The van der Waals surface area contributed by atoms with Gasteiger partial charge >= 0.3 is 0 Å². The highest BCUT2D eigenvalue weighted by Crippen LogP contribution is 2.55. The van der Waals surface area contributed by atoms with Gasteiger partial charge in [-0.1, -0.05) is 20.8 Å². The molecule has 0 spiro atoms. The second kappa shape index (κ2) is 3.89. The van der Waals surface area contributed by atoms with Crippen LogP contribution in [-0.2, 0) is 14.4 Å². The summed E-state index contributed by atoms with van der Waals surface area (Å²) < 4.78 is 0. The van der Waals surface area contributed by atoms with E-state index in [0.29, 0.717) is 24.0 Å². The van der Waals surface area contributed by atoms with Crippen molar-refractivity contribution in [3.05, 3.63) is 22.9 Å². The molecule has 0 unspecified atom stereocenters. The fraction of sp³-hybridized carbons (Fsp3) is 0.533. The van der Waals surface area contributed by atoms with E-state index in [-0.39, 0.29) is 23.0 Å². The molecule has 4 nitrogen and oxygen atoms in total. The van der Waals surface area contributed by atoms with Crippen LogP contribution in [0.2, 0.25) is 0 Å². The van der Waals surface area contributed by atoms with Gasteiger partial charge in [-0.25, -0.2) is 0 Å². The Morgan fingerprint density at radius 1 is 1.16 bits per heavy atom. The van der Waals surface area contributed by atoms with Crippen molar-refractivity contribution in [3.8, 4) is 0 Å². The van der Waals surface area contributed by atoms with Crippen LogP contribution in [0.4, 0.5) is 0 Å². The van der Waals surface area contributed by atoms with Gasteiger partial charge in [0, 0.05) is 28.4 Å². The first-order chi connectivity index (χ1) is 8.63. The Labute approximate surface area is 112 Å². The van der Waals surface area contributed by atoms with Gasteiger partial charge in [-0.05, 0) is 19.4 Å². The summed E-state index contributed by atoms with van der Waals surface area (Å²) in [6, 6.07) is 0. The van der Waals surface area contributed by atoms with Crippen LogP contribution in [0.25, 0.3) is 0 Å². The average Bonchev–Trinajstić information content (AvgIpc) is 2.55. The van der Waals surface area contributed by atoms with Crippen LogP contribution in [0.5, 0.6) is 0 Å². The standard InChI is InChI=1S/C15H19NO3/c1-8-10(17)7-9(13(19)12(8)16)15(4)6-5-11(18)14(15,2)3/h7H,5-6,16H2,1-4H3/t15-/m1/s1. The zero-order chi connectivity index (χ0) is 14.6. The molecule has 0 aliphatic heterocycles. The first-order valence-corrected chi connectivity index (χ1v) is 6.44. The molecular weight excluding hydrogens is 242 g/mol. The normalized spacial score (nSPS) is 30.9. The molecule has 0 amide bonds. The van der Waals surface area contributed by atoms with E-state index in [1.807, 2.05) is 20.8 Å². The number of hydrogen-bond acceptors (Lipinski definition) is 4. The minimum atomic E-state index is -0.652. The minimum absolute atomic E-state index is 0.0128. The number of rotatable bonds is 1. The highest BCUT2D eigenvalue weighted by Gasteiger charge is 2.55. The van der Waals surface area contributed by atoms with Gasteiger partial charge in [-0.15, -0.1) is 0 Å². The minimum Gasteiger partial charge on any atom is -0.395 e. The lowest BCUT2D eigenvalue weighted by atomic mass is 9.62. The SMILES string of the molecule is CC1=C(N)C(=O)C([C@@]2(C)CCC(=O)C2(C)C)=CC1=O. The van der Waals surface area contributed by atoms with Gasteiger partial charge in [0.1, 0.15) is 5.78 Å². The molecule has 0 aromatic carbocycles. The molecule has 1 saturated carbocycles. The first-order valence-electron chi connectivity index (χ1n) is 6.44. The van der Waals surface area contributed by atoms with Gasteiger partial charge < -0.3 is 5.73 Å². The fourth-order valence-electron chi connectivity index (χ4n) is 2.93. The molecule has 0 aromatic rings. The Hall–Kier alpha value is -1.71. The Kier molecular flexibility index (Phi) is 2.81. The number of ketones is 3. The van der Waals surface area contributed by atoms with Crippen LogP contribution in [0.3, 0.4) is 0 Å². The van der Waals surface area contributed by atoms with Crippen molar-refractivity contribution in [1.29, 1.82) is 0 Å². The maximum absolute atomic E-state index is 12.4. The number of carbonyl (C=O) groups is 3. The predicted octanol–water partition coefficient (Wildman–Crippen LogP) is 1.69. The topological polar surface area (TPSA) is 77.2 Å². The lowest BCUT2D eigenvalue weighted by molar-refractivity contribution is -0.127. The van der Waals surface area contributed by atoms with Gasteiger partial charge in [-0.2, -0.15) is 0 Å². The zero-order valence-corrected chi connectivity index (χ0v) is 11.8. The number of Topliss-reactive ketones (excluding diaryl/α,β-unsaturated/α-hetero) is 2. The van der Waals surface area contributed by atoms with Crippen LogP contribution in [-0.4, -0.2) is 17.3 Å². The monoisotopic (exact) mass is 261 g/mol. The van der Waals surface area contributed by atoms with E-state index in [9.17, 15) is 14.4 Å². The predicted molar refractivity (Wildman–Crippen MR) is 71.1 cm³/mol. The lowest BCUT2D eigenvalue weighted by Gasteiger charge is -2.39. The highest BCUT2D eigenvalue weighted by molar-refractivity contribution is 6.23. The summed E-state index contributed by atoms with van der Waals surface area (Å²) in [5, 5.41) is 0. The summed E-state index contributed by atoms with van der Waals surface area (Å²) in [7, 11) is 0. The lowest BCUT2D eigenvalue weighted by Crippen LogP contribution is -2.41. The van der Waals surface area contributed by atoms with E-state index in [2.05, 4.69) is 0 Å². The maximum atomic E-state index is 12.4. The van der Waals surface area contributed by atoms with E-state index in [1.165, 1.54) is 6.08 Å². The van der Waals surface area contributed by atoms with Gasteiger partial charge in [-0.3, -0.25) is 14.4 Å². The number of hydrogen-bond donors (Lipinski definition) is 1. The second-order valence-corrected chi connectivity index (χ2v) is 6.17. The van der Waals surface area contributed by atoms with E-state index in [0.717, 1.165) is 0 Å². The summed E-state index contributed by atoms with van der Waals surface area (Å²) in [5.41, 5.74) is 5.15. The molecule has 0 radical (unpaired) electrons. The van der Waals surface area contributed by atoms with Gasteiger partial charge in [0.15, 0.2) is 5.78 Å². The van der Waals surface area contributed by atoms with Crippen molar-refractivity contribution in [1.82, 2.24) is 0 Å². The molecule has 4 heteroatoms. The Morgan fingerprint density at radius 2 is 1.74 bits per heavy atom. The molecule has 19 heavy (non-hydrogen) atoms. The largest absolute Gasteiger partial charge is 0.395 e. The Balaban J connectivity index is 2.55. The van der Waals surface area contributed by atoms with Crippen LogP contribution >= 0.6 is 0 Å². The average molecular weight is 261 g/mol. The molecule has 2 aliphatic carbocycles. The molecule has 1 fully saturated rings. The zero-order valence-electron chi connectivity index (χ0n) is 11.8. The number of carbonyl (C=O) groups excluding carboxylic acids is 3. The fourth-order valence-corrected chi connectivity index (χ4v) is 2.93. The molecular formula is C15H19NO3. The quantitative estimate of drug-likeness (QED) is 0.729. The number of nitrogens with two attached hydrogens (primary N) is 1. The summed E-state index contributed by atoms with van der Waals surface area (Å²) in [6.07, 6.45) is 2.38. The molecule has 102 valence electrons. The van der Waals surface area contributed by atoms with Crippen molar-refractivity contribution < 1.29 is 14.4 Å². The summed E-state index contributed by atoms with van der Waals surface area (Å²) in [6.45, 7) is 7.10. The third-order valence-corrected chi connectivity index (χ3v) is 5.06. The molecule has 0 heterocycles. The van der Waals surface area contributed by atoms with Crippen molar-refractivity contribution in [2.24, 2.45) is 16.6 Å². The van der Waals surface area contributed by atoms with E-state index in [4.69, 9.17) is 5.73 Å².